The fourth-order valence-corrected chi connectivity index (χ4v) is 8.06. The van der Waals surface area contributed by atoms with Gasteiger partial charge in [0.1, 0.15) is 0 Å². The van der Waals surface area contributed by atoms with E-state index < -0.39 is 15.5 Å². The molecule has 5 aliphatic rings. The molecular formula is C15H16Cl4O2. The van der Waals surface area contributed by atoms with Gasteiger partial charge < -0.3 is 9.47 Å². The first-order valence-corrected chi connectivity index (χ1v) is 9.00. The molecule has 4 fully saturated rings. The maximum absolute atomic E-state index is 6.93. The smallest absolute Gasteiger partial charge is 0.163 e. The van der Waals surface area contributed by atoms with Gasteiger partial charge in [-0.25, -0.2) is 0 Å². The predicted molar refractivity (Wildman–Crippen MR) is 82.9 cm³/mol. The van der Waals surface area contributed by atoms with Gasteiger partial charge in [0.2, 0.25) is 0 Å². The van der Waals surface area contributed by atoms with Crippen molar-refractivity contribution < 1.29 is 9.47 Å². The largest absolute Gasteiger partial charge is 0.344 e. The fourth-order valence-electron chi connectivity index (χ4n) is 5.97. The molecule has 0 aromatic carbocycles. The Morgan fingerprint density at radius 1 is 0.905 bits per heavy atom. The summed E-state index contributed by atoms with van der Waals surface area (Å²) >= 11 is 26.8. The van der Waals surface area contributed by atoms with Crippen LogP contribution in [0.2, 0.25) is 0 Å². The number of hydrogen-bond donors (Lipinski definition) is 0. The summed E-state index contributed by atoms with van der Waals surface area (Å²) in [7, 11) is 0. The van der Waals surface area contributed by atoms with Crippen molar-refractivity contribution >= 4 is 46.4 Å². The first-order valence-electron chi connectivity index (χ1n) is 7.49. The molecule has 4 aliphatic carbocycles. The van der Waals surface area contributed by atoms with Crippen molar-refractivity contribution in [3.05, 3.63) is 10.1 Å². The molecular weight excluding hydrogens is 354 g/mol. The third-order valence-corrected chi connectivity index (χ3v) is 8.85. The van der Waals surface area contributed by atoms with Gasteiger partial charge in [0, 0.05) is 0 Å². The number of rotatable bonds is 0. The Bertz CT molecular complexity index is 544. The molecule has 1 heterocycles. The highest BCUT2D eigenvalue weighted by molar-refractivity contribution is 6.51. The molecule has 0 aromatic rings. The van der Waals surface area contributed by atoms with E-state index in [1.165, 1.54) is 0 Å². The van der Waals surface area contributed by atoms with Gasteiger partial charge in [-0.1, -0.05) is 23.2 Å². The molecule has 0 aromatic heterocycles. The van der Waals surface area contributed by atoms with Crippen LogP contribution in [0.4, 0.5) is 0 Å². The zero-order valence-electron chi connectivity index (χ0n) is 11.7. The molecule has 0 amide bonds. The van der Waals surface area contributed by atoms with Gasteiger partial charge in [-0.15, -0.1) is 23.2 Å². The summed E-state index contributed by atoms with van der Waals surface area (Å²) in [6, 6.07) is 0. The molecule has 1 saturated heterocycles. The van der Waals surface area contributed by atoms with E-state index in [-0.39, 0.29) is 24.0 Å². The van der Waals surface area contributed by atoms with Crippen LogP contribution in [0.1, 0.15) is 26.7 Å². The lowest BCUT2D eigenvalue weighted by molar-refractivity contribution is -0.158. The van der Waals surface area contributed by atoms with Gasteiger partial charge in [0.15, 0.2) is 5.79 Å². The number of allylic oxidation sites excluding steroid dienone is 2. The van der Waals surface area contributed by atoms with E-state index in [2.05, 4.69) is 0 Å². The Hall–Kier alpha value is 0.820. The lowest BCUT2D eigenvalue weighted by Crippen LogP contribution is -2.49. The number of halogens is 4. The van der Waals surface area contributed by atoms with E-state index in [9.17, 15) is 0 Å². The molecule has 116 valence electrons. The van der Waals surface area contributed by atoms with Crippen LogP contribution < -0.4 is 0 Å². The summed E-state index contributed by atoms with van der Waals surface area (Å²) in [5.74, 6) is 0.696. The van der Waals surface area contributed by atoms with Gasteiger partial charge in [-0.05, 0) is 50.4 Å². The molecule has 0 radical (unpaired) electrons. The predicted octanol–water partition coefficient (Wildman–Crippen LogP) is 4.45. The van der Waals surface area contributed by atoms with Crippen molar-refractivity contribution in [2.45, 2.75) is 54.4 Å². The highest BCUT2D eigenvalue weighted by atomic mass is 35.5. The second kappa shape index (κ2) is 3.73. The monoisotopic (exact) mass is 368 g/mol. The van der Waals surface area contributed by atoms with Crippen LogP contribution >= 0.6 is 46.4 Å². The number of fused-ring (bicyclic) bond motifs is 12. The van der Waals surface area contributed by atoms with Crippen molar-refractivity contribution in [1.29, 1.82) is 0 Å². The Labute approximate surface area is 144 Å². The Kier molecular flexibility index (Phi) is 2.52. The molecule has 2 nitrogen and oxygen atoms in total. The van der Waals surface area contributed by atoms with Crippen LogP contribution in [0.5, 0.6) is 0 Å². The lowest BCUT2D eigenvalue weighted by atomic mass is 9.70. The van der Waals surface area contributed by atoms with E-state index in [0.29, 0.717) is 28.3 Å². The third kappa shape index (κ3) is 1.39. The van der Waals surface area contributed by atoms with Gasteiger partial charge in [-0.3, -0.25) is 0 Å². The van der Waals surface area contributed by atoms with Gasteiger partial charge in [0.25, 0.3) is 0 Å². The molecule has 0 spiro atoms. The second-order valence-electron chi connectivity index (χ2n) is 7.71. The molecule has 5 rings (SSSR count). The van der Waals surface area contributed by atoms with Crippen molar-refractivity contribution in [2.75, 3.05) is 0 Å². The Morgan fingerprint density at radius 2 is 1.33 bits per heavy atom. The minimum atomic E-state index is -0.606. The maximum atomic E-state index is 6.93. The molecule has 6 heteroatoms. The number of alkyl halides is 2. The van der Waals surface area contributed by atoms with E-state index in [1.54, 1.807) is 0 Å². The number of ether oxygens (including phenoxy) is 2. The highest BCUT2D eigenvalue weighted by Crippen LogP contribution is 2.77. The summed E-state index contributed by atoms with van der Waals surface area (Å²) < 4.78 is 12.3. The average Bonchev–Trinajstić information content (AvgIpc) is 3.07. The van der Waals surface area contributed by atoms with Gasteiger partial charge in [-0.2, -0.15) is 0 Å². The van der Waals surface area contributed by atoms with E-state index in [1.807, 2.05) is 13.8 Å². The summed E-state index contributed by atoms with van der Waals surface area (Å²) in [4.78, 5) is -1.21. The zero-order chi connectivity index (χ0) is 14.9. The lowest BCUT2D eigenvalue weighted by Gasteiger charge is -2.43. The summed E-state index contributed by atoms with van der Waals surface area (Å²) in [6.07, 6.45) is 1.92. The molecule has 3 saturated carbocycles. The SMILES string of the molecule is CC1(C)O[C@H]2[C@@H]3C[C@@H]([C@@H]2O1)[C@@H]1[C@@H]3[C@]2(Cl)C[C@]1(Cl)C(Cl)=C2Cl. The second-order valence-corrected chi connectivity index (χ2v) is 9.81. The molecule has 0 unspecified atom stereocenters. The first-order chi connectivity index (χ1) is 9.69. The number of hydrogen-bond acceptors (Lipinski definition) is 2. The van der Waals surface area contributed by atoms with Crippen molar-refractivity contribution in [2.24, 2.45) is 23.7 Å². The summed E-state index contributed by atoms with van der Waals surface area (Å²) in [5, 5.41) is 1.12. The van der Waals surface area contributed by atoms with E-state index in [4.69, 9.17) is 55.9 Å². The van der Waals surface area contributed by atoms with E-state index in [0.717, 1.165) is 6.42 Å². The quantitative estimate of drug-likeness (QED) is 0.464. The van der Waals surface area contributed by atoms with Crippen LogP contribution in [-0.4, -0.2) is 27.7 Å². The molecule has 4 bridgehead atoms. The third-order valence-electron chi connectivity index (χ3n) is 6.36. The average molecular weight is 370 g/mol. The van der Waals surface area contributed by atoms with Crippen LogP contribution in [0.3, 0.4) is 0 Å². The maximum Gasteiger partial charge on any atom is 0.163 e. The topological polar surface area (TPSA) is 18.5 Å². The summed E-state index contributed by atoms with van der Waals surface area (Å²) in [6.45, 7) is 3.95. The van der Waals surface area contributed by atoms with Crippen LogP contribution in [0.15, 0.2) is 10.1 Å². The van der Waals surface area contributed by atoms with E-state index >= 15 is 0 Å². The first kappa shape index (κ1) is 14.2. The molecule has 21 heavy (non-hydrogen) atoms. The van der Waals surface area contributed by atoms with Gasteiger partial charge >= 0.3 is 0 Å². The fraction of sp³-hybridized carbons (Fsp3) is 0.867. The Morgan fingerprint density at radius 3 is 1.76 bits per heavy atom. The van der Waals surface area contributed by atoms with Crippen molar-refractivity contribution in [3.63, 3.8) is 0 Å². The highest BCUT2D eigenvalue weighted by Gasteiger charge is 2.79. The van der Waals surface area contributed by atoms with Crippen molar-refractivity contribution in [1.82, 2.24) is 0 Å². The summed E-state index contributed by atoms with van der Waals surface area (Å²) in [5.41, 5.74) is 0. The van der Waals surface area contributed by atoms with Crippen LogP contribution in [0, 0.1) is 23.7 Å². The standard InChI is InChI=1S/C15H16Cl4O2/c1-13(2)20-9-5-3-6(10(9)21-13)8-7(5)14(18)4-15(8,19)12(17)11(14)16/h5-10H,3-4H2,1-2H3/t5-,6-,7-,8-,9+,10+,14-,15-/m1/s1. The zero-order valence-corrected chi connectivity index (χ0v) is 14.7. The van der Waals surface area contributed by atoms with Crippen LogP contribution in [0.25, 0.3) is 0 Å². The molecule has 8 atom stereocenters. The van der Waals surface area contributed by atoms with Crippen molar-refractivity contribution in [3.8, 4) is 0 Å². The normalized spacial score (nSPS) is 62.6. The minimum absolute atomic E-state index is 0.115. The van der Waals surface area contributed by atoms with Gasteiger partial charge in [0.05, 0.1) is 32.0 Å². The van der Waals surface area contributed by atoms with Crippen LogP contribution in [-0.2, 0) is 9.47 Å². The minimum Gasteiger partial charge on any atom is -0.344 e. The Balaban J connectivity index is 1.63. The molecule has 1 aliphatic heterocycles. The molecule has 0 N–H and O–H groups in total.